The topological polar surface area (TPSA) is 111 Å². The number of aromatic nitrogens is 4. The first kappa shape index (κ1) is 22.3. The lowest BCUT2D eigenvalue weighted by Crippen LogP contribution is -2.55. The first-order valence-corrected chi connectivity index (χ1v) is 10.4. The van der Waals surface area contributed by atoms with Gasteiger partial charge in [-0.2, -0.15) is 18.3 Å². The molecular formula is C18H18F5N7OS. The molecule has 1 amide bonds. The van der Waals surface area contributed by atoms with E-state index in [9.17, 15) is 26.7 Å². The van der Waals surface area contributed by atoms with E-state index in [1.165, 1.54) is 18.6 Å². The van der Waals surface area contributed by atoms with Gasteiger partial charge in [-0.05, 0) is 12.8 Å². The van der Waals surface area contributed by atoms with Crippen LogP contribution in [0.1, 0.15) is 35.3 Å². The maximum atomic E-state index is 13.9. The lowest BCUT2D eigenvalue weighted by molar-refractivity contribution is -0.140. The number of rotatable bonds is 4. The maximum absolute atomic E-state index is 13.9. The fourth-order valence-electron chi connectivity index (χ4n) is 3.57. The van der Waals surface area contributed by atoms with E-state index >= 15 is 0 Å². The van der Waals surface area contributed by atoms with E-state index in [1.807, 2.05) is 0 Å². The van der Waals surface area contributed by atoms with Crippen molar-refractivity contribution < 1.29 is 26.7 Å². The molecule has 8 nitrogen and oxygen atoms in total. The molecule has 0 aliphatic heterocycles. The molecule has 3 heterocycles. The van der Waals surface area contributed by atoms with Crippen LogP contribution in [-0.2, 0) is 13.2 Å². The van der Waals surface area contributed by atoms with Crippen LogP contribution in [0.25, 0.3) is 10.3 Å². The van der Waals surface area contributed by atoms with E-state index in [-0.39, 0.29) is 29.7 Å². The standard InChI is InChI=1S/C18H18F5N7OS/c1-30-6-10(14(29-30)18(21,22)23)27-15(31)8-7-32-16-12(8)28-11(5-25-16)26-9-3-2-4-17(19,20)13(9)24/h5-7,9,13H,2-4,24H2,1H3,(H,26,28)(H,27,31)/t9-,13-/m1/s1. The van der Waals surface area contributed by atoms with Crippen molar-refractivity contribution in [1.82, 2.24) is 19.7 Å². The van der Waals surface area contributed by atoms with Crippen LogP contribution in [-0.4, -0.2) is 43.7 Å². The fourth-order valence-corrected chi connectivity index (χ4v) is 4.40. The highest BCUT2D eigenvalue weighted by Gasteiger charge is 2.44. The summed E-state index contributed by atoms with van der Waals surface area (Å²) in [5.74, 6) is -3.71. The van der Waals surface area contributed by atoms with Gasteiger partial charge in [0.1, 0.15) is 16.2 Å². The smallest absolute Gasteiger partial charge is 0.364 e. The second-order valence-electron chi connectivity index (χ2n) is 7.51. The second kappa shape index (κ2) is 7.92. The molecule has 32 heavy (non-hydrogen) atoms. The molecule has 4 rings (SSSR count). The molecule has 0 spiro atoms. The van der Waals surface area contributed by atoms with Crippen LogP contribution in [0.5, 0.6) is 0 Å². The maximum Gasteiger partial charge on any atom is 0.437 e. The number of aryl methyl sites for hydroxylation is 1. The zero-order valence-corrected chi connectivity index (χ0v) is 17.4. The fraction of sp³-hybridized carbons (Fsp3) is 0.444. The largest absolute Gasteiger partial charge is 0.437 e. The van der Waals surface area contributed by atoms with Gasteiger partial charge in [0.15, 0.2) is 5.69 Å². The summed E-state index contributed by atoms with van der Waals surface area (Å²) < 4.78 is 68.2. The number of thiophene rings is 1. The monoisotopic (exact) mass is 475 g/mol. The van der Waals surface area contributed by atoms with Gasteiger partial charge in [0.2, 0.25) is 0 Å². The van der Waals surface area contributed by atoms with Gasteiger partial charge in [0, 0.05) is 31.1 Å². The van der Waals surface area contributed by atoms with Crippen LogP contribution in [0.2, 0.25) is 0 Å². The molecule has 1 aliphatic carbocycles. The van der Waals surface area contributed by atoms with Crippen molar-refractivity contribution in [2.45, 2.75) is 43.4 Å². The highest BCUT2D eigenvalue weighted by Crippen LogP contribution is 2.35. The molecule has 1 saturated carbocycles. The number of anilines is 2. The number of nitrogens with two attached hydrogens (primary N) is 1. The number of carbonyl (C=O) groups is 1. The Morgan fingerprint density at radius 3 is 2.84 bits per heavy atom. The predicted octanol–water partition coefficient (Wildman–Crippen LogP) is 3.62. The van der Waals surface area contributed by atoms with Crippen molar-refractivity contribution in [3.8, 4) is 0 Å². The van der Waals surface area contributed by atoms with Gasteiger partial charge >= 0.3 is 6.18 Å². The SMILES string of the molecule is Cn1cc(NC(=O)c2csc3ncc(N[C@@H]4CCCC(F)(F)[C@@H]4N)nc23)c(C(F)(F)F)n1. The average molecular weight is 475 g/mol. The van der Waals surface area contributed by atoms with Crippen molar-refractivity contribution >= 4 is 39.1 Å². The van der Waals surface area contributed by atoms with E-state index in [0.29, 0.717) is 11.3 Å². The van der Waals surface area contributed by atoms with E-state index in [4.69, 9.17) is 5.73 Å². The number of hydrogen-bond acceptors (Lipinski definition) is 7. The van der Waals surface area contributed by atoms with Crippen LogP contribution >= 0.6 is 11.3 Å². The van der Waals surface area contributed by atoms with Crippen LogP contribution < -0.4 is 16.4 Å². The molecule has 3 aromatic heterocycles. The van der Waals surface area contributed by atoms with Gasteiger partial charge in [0.05, 0.1) is 23.5 Å². The summed E-state index contributed by atoms with van der Waals surface area (Å²) in [6, 6.07) is -2.16. The van der Waals surface area contributed by atoms with Crippen molar-refractivity contribution in [3.63, 3.8) is 0 Å². The molecule has 0 unspecified atom stereocenters. The molecule has 1 fully saturated rings. The molecule has 0 radical (unpaired) electrons. The zero-order valence-electron chi connectivity index (χ0n) is 16.6. The van der Waals surface area contributed by atoms with Gasteiger partial charge in [0.25, 0.3) is 11.8 Å². The molecule has 4 N–H and O–H groups in total. The summed E-state index contributed by atoms with van der Waals surface area (Å²) in [5, 5.41) is 9.81. The van der Waals surface area contributed by atoms with Gasteiger partial charge in [-0.3, -0.25) is 9.48 Å². The number of fused-ring (bicyclic) bond motifs is 1. The first-order valence-electron chi connectivity index (χ1n) is 9.52. The molecule has 1 aliphatic rings. The van der Waals surface area contributed by atoms with Gasteiger partial charge in [-0.15, -0.1) is 11.3 Å². The molecule has 14 heteroatoms. The third kappa shape index (κ3) is 4.24. The molecular weight excluding hydrogens is 457 g/mol. The molecule has 0 bridgehead atoms. The summed E-state index contributed by atoms with van der Waals surface area (Å²) in [7, 11) is 1.30. The summed E-state index contributed by atoms with van der Waals surface area (Å²) in [6.45, 7) is 0. The Kier molecular flexibility index (Phi) is 5.53. The van der Waals surface area contributed by atoms with Crippen LogP contribution in [0.4, 0.5) is 33.5 Å². The highest BCUT2D eigenvalue weighted by molar-refractivity contribution is 7.17. The predicted molar refractivity (Wildman–Crippen MR) is 108 cm³/mol. The Balaban J connectivity index is 1.59. The molecule has 2 atom stereocenters. The lowest BCUT2D eigenvalue weighted by atomic mass is 9.87. The third-order valence-electron chi connectivity index (χ3n) is 5.15. The second-order valence-corrected chi connectivity index (χ2v) is 8.36. The van der Waals surface area contributed by atoms with E-state index in [0.717, 1.165) is 22.2 Å². The van der Waals surface area contributed by atoms with Crippen LogP contribution in [0.3, 0.4) is 0 Å². The number of nitrogens with one attached hydrogen (secondary N) is 2. The third-order valence-corrected chi connectivity index (χ3v) is 6.03. The molecule has 3 aromatic rings. The van der Waals surface area contributed by atoms with Gasteiger partial charge in [-0.25, -0.2) is 18.7 Å². The Bertz CT molecular complexity index is 1160. The van der Waals surface area contributed by atoms with Crippen molar-refractivity contribution in [1.29, 1.82) is 0 Å². The normalized spacial score (nSPS) is 21.0. The Hall–Kier alpha value is -2.87. The van der Waals surface area contributed by atoms with Gasteiger partial charge in [-0.1, -0.05) is 0 Å². The lowest BCUT2D eigenvalue weighted by Gasteiger charge is -2.36. The summed E-state index contributed by atoms with van der Waals surface area (Å²) in [6.07, 6.45) is -1.97. The number of amides is 1. The number of carbonyl (C=O) groups excluding carboxylic acids is 1. The Morgan fingerprint density at radius 2 is 2.12 bits per heavy atom. The number of nitrogens with zero attached hydrogens (tertiary/aromatic N) is 4. The highest BCUT2D eigenvalue weighted by atomic mass is 32.1. The minimum absolute atomic E-state index is 0.00333. The number of alkyl halides is 5. The van der Waals surface area contributed by atoms with Gasteiger partial charge < -0.3 is 16.4 Å². The van der Waals surface area contributed by atoms with E-state index < -0.39 is 41.5 Å². The van der Waals surface area contributed by atoms with Crippen LogP contribution in [0, 0.1) is 0 Å². The number of hydrogen-bond donors (Lipinski definition) is 3. The molecule has 0 saturated heterocycles. The minimum atomic E-state index is -4.75. The summed E-state index contributed by atoms with van der Waals surface area (Å²) in [4.78, 5) is 21.5. The van der Waals surface area contributed by atoms with Crippen LogP contribution in [0.15, 0.2) is 17.8 Å². The average Bonchev–Trinajstić information content (AvgIpc) is 3.28. The minimum Gasteiger partial charge on any atom is -0.364 e. The van der Waals surface area contributed by atoms with Crippen molar-refractivity contribution in [2.24, 2.45) is 12.8 Å². The summed E-state index contributed by atoms with van der Waals surface area (Å²) >= 11 is 1.07. The Morgan fingerprint density at radius 1 is 1.38 bits per heavy atom. The Labute approximate surface area is 182 Å². The number of halogens is 5. The van der Waals surface area contributed by atoms with E-state index in [2.05, 4.69) is 25.7 Å². The first-order chi connectivity index (χ1) is 15.0. The van der Waals surface area contributed by atoms with Crippen molar-refractivity contribution in [2.75, 3.05) is 10.6 Å². The molecule has 0 aromatic carbocycles. The molecule has 172 valence electrons. The quantitative estimate of drug-likeness (QED) is 0.497. The summed E-state index contributed by atoms with van der Waals surface area (Å²) in [5.41, 5.74) is 4.09. The van der Waals surface area contributed by atoms with Crippen molar-refractivity contribution in [3.05, 3.63) is 29.0 Å². The van der Waals surface area contributed by atoms with E-state index in [1.54, 1.807) is 0 Å². The zero-order chi connectivity index (χ0) is 23.3.